The zero-order valence-corrected chi connectivity index (χ0v) is 16.0. The molecule has 0 saturated heterocycles. The highest BCUT2D eigenvalue weighted by Crippen LogP contribution is 2.26. The number of hydrogen-bond donors (Lipinski definition) is 2. The third kappa shape index (κ3) is 4.72. The van der Waals surface area contributed by atoms with Gasteiger partial charge in [-0.25, -0.2) is 14.5 Å². The fourth-order valence-corrected chi connectivity index (χ4v) is 2.63. The van der Waals surface area contributed by atoms with Crippen LogP contribution in [0.3, 0.4) is 0 Å². The van der Waals surface area contributed by atoms with E-state index >= 15 is 0 Å². The maximum atomic E-state index is 12.5. The van der Waals surface area contributed by atoms with Crippen LogP contribution in [-0.2, 0) is 12.0 Å². The minimum atomic E-state index is -0.292. The van der Waals surface area contributed by atoms with Gasteiger partial charge in [-0.2, -0.15) is 10.2 Å². The Hall–Kier alpha value is -3.16. The van der Waals surface area contributed by atoms with Gasteiger partial charge in [0, 0.05) is 17.5 Å². The normalized spacial score (nSPS) is 12.6. The highest BCUT2D eigenvalue weighted by molar-refractivity contribution is 5.89. The Morgan fingerprint density at radius 3 is 2.59 bits per heavy atom. The molecule has 0 radical (unpaired) electrons. The monoisotopic (exact) mass is 367 g/mol. The molecule has 2 N–H and O–H groups in total. The zero-order valence-electron chi connectivity index (χ0n) is 16.0. The topological polar surface area (TPSA) is 89.7 Å². The van der Waals surface area contributed by atoms with E-state index in [0.717, 1.165) is 11.4 Å². The number of urea groups is 1. The van der Waals surface area contributed by atoms with Gasteiger partial charge in [-0.1, -0.05) is 39.0 Å². The van der Waals surface area contributed by atoms with Gasteiger partial charge in [0.05, 0.1) is 17.9 Å². The van der Waals surface area contributed by atoms with E-state index < -0.39 is 0 Å². The van der Waals surface area contributed by atoms with E-state index in [1.54, 1.807) is 15.7 Å². The van der Waals surface area contributed by atoms with Crippen molar-refractivity contribution in [1.29, 1.82) is 0 Å². The van der Waals surface area contributed by atoms with Crippen molar-refractivity contribution < 1.29 is 4.79 Å². The summed E-state index contributed by atoms with van der Waals surface area (Å²) in [4.78, 5) is 16.4. The Morgan fingerprint density at radius 1 is 1.22 bits per heavy atom. The van der Waals surface area contributed by atoms with Crippen LogP contribution in [0.25, 0.3) is 5.69 Å². The zero-order chi connectivity index (χ0) is 19.4. The van der Waals surface area contributed by atoms with Crippen molar-refractivity contribution in [2.45, 2.75) is 45.7 Å². The van der Waals surface area contributed by atoms with E-state index in [2.05, 4.69) is 41.5 Å². The first-order valence-corrected chi connectivity index (χ1v) is 8.89. The van der Waals surface area contributed by atoms with Crippen molar-refractivity contribution in [2.24, 2.45) is 0 Å². The van der Waals surface area contributed by atoms with Gasteiger partial charge in [-0.15, -0.1) is 0 Å². The van der Waals surface area contributed by atoms with Gasteiger partial charge in [-0.3, -0.25) is 10.00 Å². The Bertz CT molecular complexity index is 879. The largest absolute Gasteiger partial charge is 0.334 e. The van der Waals surface area contributed by atoms with Gasteiger partial charge >= 0.3 is 6.03 Å². The summed E-state index contributed by atoms with van der Waals surface area (Å²) in [6.45, 7) is 8.73. The number of carbonyl (C=O) groups excluding carboxylic acids is 1. The molecule has 0 aliphatic heterocycles. The summed E-state index contributed by atoms with van der Waals surface area (Å²) in [5.74, 6) is 0.622. The number of rotatable bonds is 5. The van der Waals surface area contributed by atoms with Crippen LogP contribution in [0.5, 0.6) is 0 Å². The predicted molar refractivity (Wildman–Crippen MR) is 104 cm³/mol. The summed E-state index contributed by atoms with van der Waals surface area (Å²) < 4.78 is 3.43. The molecule has 0 bridgehead atoms. The minimum Gasteiger partial charge on any atom is -0.334 e. The van der Waals surface area contributed by atoms with Gasteiger partial charge in [-0.05, 0) is 19.1 Å². The molecule has 8 heteroatoms. The maximum absolute atomic E-state index is 12.5. The number of nitrogens with one attached hydrogen (secondary N) is 2. The Kier molecular flexibility index (Phi) is 5.25. The number of nitrogens with zero attached hydrogens (tertiary/aromatic N) is 5. The Morgan fingerprint density at radius 2 is 1.96 bits per heavy atom. The van der Waals surface area contributed by atoms with Crippen LogP contribution in [0.2, 0.25) is 0 Å². The summed E-state index contributed by atoms with van der Waals surface area (Å²) in [5.41, 5.74) is 1.66. The molecule has 0 fully saturated rings. The van der Waals surface area contributed by atoms with Gasteiger partial charge in [0.25, 0.3) is 0 Å². The number of amides is 2. The highest BCUT2D eigenvalue weighted by atomic mass is 16.2. The molecule has 1 aromatic carbocycles. The fraction of sp³-hybridized carbons (Fsp3) is 0.368. The molecule has 2 heterocycles. The van der Waals surface area contributed by atoms with E-state index in [1.165, 1.54) is 6.33 Å². The van der Waals surface area contributed by atoms with Crippen LogP contribution in [0, 0.1) is 0 Å². The standard InChI is InChI=1S/C19H25N7O/c1-14(11-25-13-20-12-21-25)22-18(27)23-17-10-16(19(2,3)4)24-26(17)15-8-6-5-7-9-15/h5-10,12-14H,11H2,1-4H3,(H2,22,23,27). The number of hydrogen-bond acceptors (Lipinski definition) is 4. The Balaban J connectivity index is 1.76. The summed E-state index contributed by atoms with van der Waals surface area (Å²) in [7, 11) is 0. The van der Waals surface area contributed by atoms with Crippen molar-refractivity contribution in [3.8, 4) is 5.69 Å². The van der Waals surface area contributed by atoms with Gasteiger partial charge in [0.15, 0.2) is 0 Å². The third-order valence-electron chi connectivity index (χ3n) is 4.03. The summed E-state index contributed by atoms with van der Waals surface area (Å²) >= 11 is 0. The smallest absolute Gasteiger partial charge is 0.320 e. The van der Waals surface area contributed by atoms with Crippen molar-refractivity contribution >= 4 is 11.8 Å². The molecule has 1 unspecified atom stereocenters. The molecular formula is C19H25N7O. The molecule has 3 rings (SSSR count). The molecule has 142 valence electrons. The van der Waals surface area contributed by atoms with Crippen LogP contribution < -0.4 is 10.6 Å². The van der Waals surface area contributed by atoms with Crippen molar-refractivity contribution in [3.05, 3.63) is 54.7 Å². The molecule has 8 nitrogen and oxygen atoms in total. The van der Waals surface area contributed by atoms with Crippen molar-refractivity contribution in [1.82, 2.24) is 29.9 Å². The lowest BCUT2D eigenvalue weighted by Gasteiger charge is -2.15. The summed E-state index contributed by atoms with van der Waals surface area (Å²) in [6.07, 6.45) is 3.09. The molecule has 2 amide bonds. The third-order valence-corrected chi connectivity index (χ3v) is 4.03. The maximum Gasteiger partial charge on any atom is 0.320 e. The second-order valence-corrected chi connectivity index (χ2v) is 7.53. The minimum absolute atomic E-state index is 0.109. The number of benzene rings is 1. The second-order valence-electron chi connectivity index (χ2n) is 7.53. The first-order chi connectivity index (χ1) is 12.8. The average Bonchev–Trinajstić information content (AvgIpc) is 3.24. The van der Waals surface area contributed by atoms with Gasteiger partial charge in [0.2, 0.25) is 0 Å². The molecule has 0 aliphatic carbocycles. The molecular weight excluding hydrogens is 342 g/mol. The molecule has 27 heavy (non-hydrogen) atoms. The lowest BCUT2D eigenvalue weighted by atomic mass is 9.92. The molecule has 2 aromatic heterocycles. The van der Waals surface area contributed by atoms with Crippen LogP contribution in [-0.4, -0.2) is 36.6 Å². The quantitative estimate of drug-likeness (QED) is 0.725. The summed E-state index contributed by atoms with van der Waals surface area (Å²) in [6, 6.07) is 11.3. The number of aromatic nitrogens is 5. The first-order valence-electron chi connectivity index (χ1n) is 8.89. The van der Waals surface area contributed by atoms with Crippen molar-refractivity contribution in [2.75, 3.05) is 5.32 Å². The van der Waals surface area contributed by atoms with E-state index in [-0.39, 0.29) is 17.5 Å². The number of para-hydroxylation sites is 1. The molecule has 0 aliphatic rings. The molecule has 0 saturated carbocycles. The van der Waals surface area contributed by atoms with Crippen LogP contribution in [0.15, 0.2) is 49.1 Å². The average molecular weight is 367 g/mol. The number of anilines is 1. The lowest BCUT2D eigenvalue weighted by molar-refractivity contribution is 0.247. The molecule has 3 aromatic rings. The van der Waals surface area contributed by atoms with Gasteiger partial charge in [0.1, 0.15) is 18.5 Å². The van der Waals surface area contributed by atoms with E-state index in [1.807, 2.05) is 43.3 Å². The summed E-state index contributed by atoms with van der Waals surface area (Å²) in [5, 5.41) is 14.6. The molecule has 1 atom stereocenters. The molecule has 0 spiro atoms. The van der Waals surface area contributed by atoms with Crippen LogP contribution >= 0.6 is 0 Å². The fourth-order valence-electron chi connectivity index (χ4n) is 2.63. The predicted octanol–water partition coefficient (Wildman–Crippen LogP) is 2.97. The van der Waals surface area contributed by atoms with E-state index in [4.69, 9.17) is 5.10 Å². The van der Waals surface area contributed by atoms with E-state index in [9.17, 15) is 4.79 Å². The van der Waals surface area contributed by atoms with Crippen LogP contribution in [0.4, 0.5) is 10.6 Å². The SMILES string of the molecule is CC(Cn1cncn1)NC(=O)Nc1cc(C(C)(C)C)nn1-c1ccccc1. The van der Waals surface area contributed by atoms with E-state index in [0.29, 0.717) is 12.4 Å². The first kappa shape index (κ1) is 18.6. The number of carbonyl (C=O) groups is 1. The Labute approximate surface area is 158 Å². The highest BCUT2D eigenvalue weighted by Gasteiger charge is 2.21. The van der Waals surface area contributed by atoms with Crippen molar-refractivity contribution in [3.63, 3.8) is 0 Å². The second kappa shape index (κ2) is 7.61. The lowest BCUT2D eigenvalue weighted by Crippen LogP contribution is -2.39. The van der Waals surface area contributed by atoms with Crippen LogP contribution in [0.1, 0.15) is 33.4 Å². The van der Waals surface area contributed by atoms with Gasteiger partial charge < -0.3 is 5.32 Å².